The molecule has 3 rings (SSSR count). The van der Waals surface area contributed by atoms with Crippen LogP contribution in [0.1, 0.15) is 31.2 Å². The van der Waals surface area contributed by atoms with Gasteiger partial charge in [-0.2, -0.15) is 0 Å². The van der Waals surface area contributed by atoms with Crippen LogP contribution in [0.4, 0.5) is 10.5 Å². The molecular weight excluding hydrogens is 316 g/mol. The fourth-order valence-electron chi connectivity index (χ4n) is 3.53. The van der Waals surface area contributed by atoms with Crippen molar-refractivity contribution in [1.82, 2.24) is 15.5 Å². The van der Waals surface area contributed by atoms with E-state index in [2.05, 4.69) is 15.5 Å². The summed E-state index contributed by atoms with van der Waals surface area (Å²) in [5.74, 6) is 0.0585. The number of rotatable bonds is 6. The van der Waals surface area contributed by atoms with E-state index in [9.17, 15) is 9.59 Å². The summed E-state index contributed by atoms with van der Waals surface area (Å²) < 4.78 is 0. The number of amides is 3. The molecule has 136 valence electrons. The Bertz CT molecular complexity index is 596. The maximum atomic E-state index is 12.2. The molecule has 2 fully saturated rings. The maximum absolute atomic E-state index is 12.2. The van der Waals surface area contributed by atoms with Crippen LogP contribution in [0, 0.1) is 6.92 Å². The first-order valence-corrected chi connectivity index (χ1v) is 9.25. The monoisotopic (exact) mass is 344 g/mol. The second kappa shape index (κ2) is 8.34. The van der Waals surface area contributed by atoms with Gasteiger partial charge in [-0.3, -0.25) is 4.79 Å². The van der Waals surface area contributed by atoms with Crippen molar-refractivity contribution in [2.45, 2.75) is 38.6 Å². The molecule has 0 aliphatic carbocycles. The lowest BCUT2D eigenvalue weighted by atomic mass is 10.2. The van der Waals surface area contributed by atoms with Crippen molar-refractivity contribution >= 4 is 17.6 Å². The number of hydrogen-bond donors (Lipinski definition) is 2. The zero-order valence-electron chi connectivity index (χ0n) is 15.0. The first-order valence-electron chi connectivity index (χ1n) is 9.25. The number of hydrogen-bond acceptors (Lipinski definition) is 3. The van der Waals surface area contributed by atoms with Crippen LogP contribution >= 0.6 is 0 Å². The lowest BCUT2D eigenvalue weighted by Crippen LogP contribution is -2.44. The predicted octanol–water partition coefficient (Wildman–Crippen LogP) is 1.89. The van der Waals surface area contributed by atoms with E-state index in [0.29, 0.717) is 19.5 Å². The third-order valence-electron chi connectivity index (χ3n) is 4.94. The van der Waals surface area contributed by atoms with Gasteiger partial charge >= 0.3 is 6.03 Å². The van der Waals surface area contributed by atoms with Crippen molar-refractivity contribution in [3.63, 3.8) is 0 Å². The minimum absolute atomic E-state index is 0.0585. The molecule has 25 heavy (non-hydrogen) atoms. The average molecular weight is 344 g/mol. The molecule has 1 aromatic carbocycles. The van der Waals surface area contributed by atoms with E-state index in [1.165, 1.54) is 31.5 Å². The molecule has 2 aliphatic heterocycles. The Morgan fingerprint density at radius 2 is 1.92 bits per heavy atom. The van der Waals surface area contributed by atoms with Crippen LogP contribution in [-0.4, -0.2) is 55.6 Å². The highest BCUT2D eigenvalue weighted by molar-refractivity contribution is 5.96. The molecule has 2 aliphatic rings. The van der Waals surface area contributed by atoms with Crippen molar-refractivity contribution in [3.05, 3.63) is 29.8 Å². The molecule has 2 saturated heterocycles. The zero-order valence-corrected chi connectivity index (χ0v) is 15.0. The van der Waals surface area contributed by atoms with E-state index in [4.69, 9.17) is 0 Å². The number of carbonyl (C=O) groups excluding carboxylic acids is 2. The van der Waals surface area contributed by atoms with Gasteiger partial charge < -0.3 is 20.4 Å². The van der Waals surface area contributed by atoms with Gasteiger partial charge in [0.1, 0.15) is 0 Å². The summed E-state index contributed by atoms with van der Waals surface area (Å²) in [7, 11) is 0. The predicted molar refractivity (Wildman–Crippen MR) is 98.8 cm³/mol. The van der Waals surface area contributed by atoms with Gasteiger partial charge in [0.15, 0.2) is 0 Å². The van der Waals surface area contributed by atoms with Crippen molar-refractivity contribution in [2.24, 2.45) is 0 Å². The van der Waals surface area contributed by atoms with E-state index >= 15 is 0 Å². The minimum atomic E-state index is -0.176. The molecule has 1 aromatic rings. The van der Waals surface area contributed by atoms with Crippen molar-refractivity contribution < 1.29 is 9.59 Å². The summed E-state index contributed by atoms with van der Waals surface area (Å²) in [5.41, 5.74) is 2.06. The lowest BCUT2D eigenvalue weighted by molar-refractivity contribution is -0.117. The number of urea groups is 1. The largest absolute Gasteiger partial charge is 0.338 e. The van der Waals surface area contributed by atoms with Gasteiger partial charge in [0, 0.05) is 25.2 Å². The van der Waals surface area contributed by atoms with Crippen LogP contribution in [-0.2, 0) is 4.79 Å². The van der Waals surface area contributed by atoms with Crippen LogP contribution < -0.4 is 15.5 Å². The quantitative estimate of drug-likeness (QED) is 0.775. The zero-order chi connectivity index (χ0) is 17.6. The fourth-order valence-corrected chi connectivity index (χ4v) is 3.53. The molecule has 1 atom stereocenters. The molecule has 0 bridgehead atoms. The Hall–Kier alpha value is -2.08. The SMILES string of the molecule is Cc1ccc(N2C[C@@H](NC(=O)NCCCN3CCCC3)CC2=O)cc1. The van der Waals surface area contributed by atoms with Gasteiger partial charge in [0.2, 0.25) is 5.91 Å². The van der Waals surface area contributed by atoms with E-state index < -0.39 is 0 Å². The molecule has 0 spiro atoms. The van der Waals surface area contributed by atoms with Crippen molar-refractivity contribution in [3.8, 4) is 0 Å². The average Bonchev–Trinajstić information content (AvgIpc) is 3.22. The molecule has 6 nitrogen and oxygen atoms in total. The Labute approximate surface area is 149 Å². The number of anilines is 1. The third-order valence-corrected chi connectivity index (χ3v) is 4.94. The van der Waals surface area contributed by atoms with Crippen molar-refractivity contribution in [2.75, 3.05) is 37.6 Å². The minimum Gasteiger partial charge on any atom is -0.338 e. The van der Waals surface area contributed by atoms with Crippen LogP contribution in [0.5, 0.6) is 0 Å². The van der Waals surface area contributed by atoms with Gasteiger partial charge in [0.25, 0.3) is 0 Å². The summed E-state index contributed by atoms with van der Waals surface area (Å²) in [4.78, 5) is 28.4. The molecule has 0 saturated carbocycles. The highest BCUT2D eigenvalue weighted by Gasteiger charge is 2.31. The summed E-state index contributed by atoms with van der Waals surface area (Å²) >= 11 is 0. The molecule has 0 unspecified atom stereocenters. The normalized spacial score (nSPS) is 20.9. The summed E-state index contributed by atoms with van der Waals surface area (Å²) in [6, 6.07) is 7.59. The Morgan fingerprint density at radius 3 is 2.64 bits per heavy atom. The highest BCUT2D eigenvalue weighted by atomic mass is 16.2. The topological polar surface area (TPSA) is 64.7 Å². The number of nitrogens with zero attached hydrogens (tertiary/aromatic N) is 2. The Balaban J connectivity index is 1.38. The molecule has 2 N–H and O–H groups in total. The smallest absolute Gasteiger partial charge is 0.315 e. The summed E-state index contributed by atoms with van der Waals surface area (Å²) in [6.45, 7) is 6.64. The van der Waals surface area contributed by atoms with E-state index in [0.717, 1.165) is 18.7 Å². The molecule has 2 heterocycles. The van der Waals surface area contributed by atoms with Crippen LogP contribution in [0.2, 0.25) is 0 Å². The van der Waals surface area contributed by atoms with Gasteiger partial charge in [-0.15, -0.1) is 0 Å². The second-order valence-electron chi connectivity index (χ2n) is 7.04. The van der Waals surface area contributed by atoms with E-state index in [-0.39, 0.29) is 18.0 Å². The van der Waals surface area contributed by atoms with Gasteiger partial charge in [-0.25, -0.2) is 4.79 Å². The number of benzene rings is 1. The van der Waals surface area contributed by atoms with Crippen LogP contribution in [0.3, 0.4) is 0 Å². The maximum Gasteiger partial charge on any atom is 0.315 e. The van der Waals surface area contributed by atoms with Crippen LogP contribution in [0.25, 0.3) is 0 Å². The lowest BCUT2D eigenvalue weighted by Gasteiger charge is -2.18. The first-order chi connectivity index (χ1) is 12.1. The molecular formula is C19H28N4O2. The van der Waals surface area contributed by atoms with E-state index in [1.54, 1.807) is 4.90 Å². The Kier molecular flexibility index (Phi) is 5.91. The van der Waals surface area contributed by atoms with Gasteiger partial charge in [0.05, 0.1) is 6.04 Å². The summed E-state index contributed by atoms with van der Waals surface area (Å²) in [5, 5.41) is 5.83. The molecule has 0 radical (unpaired) electrons. The number of aryl methyl sites for hydroxylation is 1. The van der Waals surface area contributed by atoms with Crippen LogP contribution in [0.15, 0.2) is 24.3 Å². The first kappa shape index (κ1) is 17.7. The Morgan fingerprint density at radius 1 is 1.20 bits per heavy atom. The molecule has 0 aromatic heterocycles. The third kappa shape index (κ3) is 4.95. The molecule has 6 heteroatoms. The fraction of sp³-hybridized carbons (Fsp3) is 0.579. The van der Waals surface area contributed by atoms with Gasteiger partial charge in [-0.1, -0.05) is 17.7 Å². The van der Waals surface area contributed by atoms with Crippen molar-refractivity contribution in [1.29, 1.82) is 0 Å². The molecule has 3 amide bonds. The number of likely N-dealkylation sites (tertiary alicyclic amines) is 1. The van der Waals surface area contributed by atoms with E-state index in [1.807, 2.05) is 31.2 Å². The van der Waals surface area contributed by atoms with Gasteiger partial charge in [-0.05, 0) is 58.0 Å². The number of nitrogens with one attached hydrogen (secondary N) is 2. The highest BCUT2D eigenvalue weighted by Crippen LogP contribution is 2.21. The second-order valence-corrected chi connectivity index (χ2v) is 7.04. The summed E-state index contributed by atoms with van der Waals surface area (Å²) in [6.07, 6.45) is 3.91. The standard InChI is InChI=1S/C19H28N4O2/c1-15-5-7-17(8-6-15)23-14-16(13-18(23)24)21-19(25)20-9-4-12-22-10-2-3-11-22/h5-8,16H,2-4,9-14H2,1H3,(H2,20,21,25)/t16-/m0/s1. The number of carbonyl (C=O) groups is 2.